The Bertz CT molecular complexity index is 1070. The largest absolute Gasteiger partial charge is 0.338 e. The van der Waals surface area contributed by atoms with Crippen LogP contribution in [0.3, 0.4) is 0 Å². The summed E-state index contributed by atoms with van der Waals surface area (Å²) >= 11 is 12.2. The van der Waals surface area contributed by atoms with Crippen LogP contribution in [0.25, 0.3) is 34.2 Å². The normalized spacial score (nSPS) is 11.4. The summed E-state index contributed by atoms with van der Waals surface area (Å²) in [6.07, 6.45) is 5.81. The van der Waals surface area contributed by atoms with E-state index in [1.165, 1.54) is 10.8 Å². The topological polar surface area (TPSA) is 28.7 Å². The van der Waals surface area contributed by atoms with Gasteiger partial charge in [-0.15, -0.1) is 0 Å². The lowest BCUT2D eigenvalue weighted by molar-refractivity contribution is 1.27. The number of nitrogens with zero attached hydrogens (tertiary/aromatic N) is 1. The van der Waals surface area contributed by atoms with Crippen LogP contribution in [-0.4, -0.2) is 9.97 Å². The molecular weight excluding hydrogens is 351 g/mol. The van der Waals surface area contributed by atoms with Crippen molar-refractivity contribution >= 4 is 46.1 Å². The molecule has 4 aromatic rings. The van der Waals surface area contributed by atoms with Gasteiger partial charge in [-0.2, -0.15) is 0 Å². The number of rotatable bonds is 3. The van der Waals surface area contributed by atoms with Crippen LogP contribution in [0.4, 0.5) is 0 Å². The first-order valence-corrected chi connectivity index (χ1v) is 8.62. The summed E-state index contributed by atoms with van der Waals surface area (Å²) in [5, 5.41) is 3.65. The van der Waals surface area contributed by atoms with Gasteiger partial charge >= 0.3 is 0 Å². The van der Waals surface area contributed by atoms with Crippen LogP contribution >= 0.6 is 23.2 Å². The Kier molecular flexibility index (Phi) is 4.31. The Hall–Kier alpha value is -2.55. The average Bonchev–Trinajstić information content (AvgIpc) is 3.08. The fourth-order valence-corrected chi connectivity index (χ4v) is 3.34. The van der Waals surface area contributed by atoms with Gasteiger partial charge in [-0.25, -0.2) is 4.98 Å². The fraction of sp³-hybridized carbons (Fsp3) is 0. The summed E-state index contributed by atoms with van der Waals surface area (Å²) in [5.41, 5.74) is 2.89. The second kappa shape index (κ2) is 6.75. The molecule has 0 fully saturated rings. The number of aromatic amines is 1. The molecule has 0 bridgehead atoms. The van der Waals surface area contributed by atoms with Crippen molar-refractivity contribution < 1.29 is 0 Å². The molecule has 2 nitrogen and oxygen atoms in total. The van der Waals surface area contributed by atoms with E-state index in [2.05, 4.69) is 46.4 Å². The summed E-state index contributed by atoms with van der Waals surface area (Å²) in [6.45, 7) is 0. The zero-order valence-corrected chi connectivity index (χ0v) is 14.7. The SMILES string of the molecule is Clc1ccc(-c2cnc(C=Cc3cccc4ccccc34)[nH]2)c(Cl)c1. The summed E-state index contributed by atoms with van der Waals surface area (Å²) in [4.78, 5) is 7.70. The van der Waals surface area contributed by atoms with E-state index in [0.717, 1.165) is 22.6 Å². The molecule has 25 heavy (non-hydrogen) atoms. The van der Waals surface area contributed by atoms with Crippen molar-refractivity contribution in [1.82, 2.24) is 9.97 Å². The fourth-order valence-electron chi connectivity index (χ4n) is 2.83. The Balaban J connectivity index is 1.65. The number of hydrogen-bond acceptors (Lipinski definition) is 1. The Morgan fingerprint density at radius 2 is 1.72 bits per heavy atom. The molecule has 0 aliphatic rings. The number of aromatic nitrogens is 2. The third-order valence-corrected chi connectivity index (χ3v) is 4.61. The molecule has 0 unspecified atom stereocenters. The molecular formula is C21H14Cl2N2. The van der Waals surface area contributed by atoms with Gasteiger partial charge in [0.1, 0.15) is 5.82 Å². The molecule has 0 aliphatic heterocycles. The third-order valence-electron chi connectivity index (χ3n) is 4.06. The van der Waals surface area contributed by atoms with Gasteiger partial charge in [-0.1, -0.05) is 71.7 Å². The van der Waals surface area contributed by atoms with Crippen molar-refractivity contribution in [3.63, 3.8) is 0 Å². The van der Waals surface area contributed by atoms with Gasteiger partial charge in [0.2, 0.25) is 0 Å². The van der Waals surface area contributed by atoms with E-state index in [0.29, 0.717) is 10.0 Å². The van der Waals surface area contributed by atoms with E-state index in [1.54, 1.807) is 12.3 Å². The lowest BCUT2D eigenvalue weighted by atomic mass is 10.0. The van der Waals surface area contributed by atoms with E-state index in [-0.39, 0.29) is 0 Å². The monoisotopic (exact) mass is 364 g/mol. The number of fused-ring (bicyclic) bond motifs is 1. The lowest BCUT2D eigenvalue weighted by Gasteiger charge is -2.02. The zero-order valence-electron chi connectivity index (χ0n) is 13.2. The van der Waals surface area contributed by atoms with Crippen molar-refractivity contribution in [3.8, 4) is 11.3 Å². The standard InChI is InChI=1S/C21H14Cl2N2/c22-16-9-10-18(19(23)12-16)20-13-24-21(25-20)11-8-15-6-3-5-14-4-1-2-7-17(14)15/h1-13H,(H,24,25). The summed E-state index contributed by atoms with van der Waals surface area (Å²) in [5.74, 6) is 0.772. The predicted molar refractivity (Wildman–Crippen MR) is 107 cm³/mol. The van der Waals surface area contributed by atoms with Gasteiger partial charge in [-0.05, 0) is 40.6 Å². The molecule has 1 aromatic heterocycles. The van der Waals surface area contributed by atoms with Gasteiger partial charge in [0.15, 0.2) is 0 Å². The Labute approximate surface area is 155 Å². The highest BCUT2D eigenvalue weighted by molar-refractivity contribution is 6.36. The summed E-state index contributed by atoms with van der Waals surface area (Å²) in [7, 11) is 0. The molecule has 122 valence electrons. The molecule has 1 heterocycles. The molecule has 4 rings (SSSR count). The van der Waals surface area contributed by atoms with E-state index < -0.39 is 0 Å². The van der Waals surface area contributed by atoms with E-state index in [1.807, 2.05) is 30.3 Å². The van der Waals surface area contributed by atoms with Gasteiger partial charge in [0, 0.05) is 10.6 Å². The van der Waals surface area contributed by atoms with Crippen LogP contribution in [0.15, 0.2) is 66.9 Å². The highest BCUT2D eigenvalue weighted by Gasteiger charge is 2.07. The second-order valence-electron chi connectivity index (χ2n) is 5.71. The maximum absolute atomic E-state index is 6.26. The van der Waals surface area contributed by atoms with Gasteiger partial charge in [0.25, 0.3) is 0 Å². The number of halogens is 2. The zero-order chi connectivity index (χ0) is 17.2. The minimum Gasteiger partial charge on any atom is -0.338 e. The van der Waals surface area contributed by atoms with Crippen LogP contribution in [0.2, 0.25) is 10.0 Å². The number of nitrogens with one attached hydrogen (secondary N) is 1. The molecule has 0 radical (unpaired) electrons. The molecule has 4 heteroatoms. The minimum atomic E-state index is 0.598. The van der Waals surface area contributed by atoms with Crippen molar-refractivity contribution in [3.05, 3.63) is 88.3 Å². The molecule has 1 N–H and O–H groups in total. The molecule has 0 atom stereocenters. The first kappa shape index (κ1) is 15.9. The lowest BCUT2D eigenvalue weighted by Crippen LogP contribution is -1.81. The molecule has 0 amide bonds. The quantitative estimate of drug-likeness (QED) is 0.430. The van der Waals surface area contributed by atoms with E-state index in [9.17, 15) is 0 Å². The number of imidazole rings is 1. The van der Waals surface area contributed by atoms with Crippen LogP contribution in [0.5, 0.6) is 0 Å². The van der Waals surface area contributed by atoms with Crippen LogP contribution in [0.1, 0.15) is 11.4 Å². The molecule has 0 spiro atoms. The van der Waals surface area contributed by atoms with Crippen molar-refractivity contribution in [2.45, 2.75) is 0 Å². The smallest absolute Gasteiger partial charge is 0.130 e. The van der Waals surface area contributed by atoms with Crippen LogP contribution in [-0.2, 0) is 0 Å². The molecule has 0 saturated carbocycles. The summed E-state index contributed by atoms with van der Waals surface area (Å²) < 4.78 is 0. The van der Waals surface area contributed by atoms with E-state index >= 15 is 0 Å². The van der Waals surface area contributed by atoms with Crippen molar-refractivity contribution in [2.75, 3.05) is 0 Å². The first-order chi connectivity index (χ1) is 12.2. The van der Waals surface area contributed by atoms with Gasteiger partial charge in [0.05, 0.1) is 16.9 Å². The molecule has 0 saturated heterocycles. The molecule has 3 aromatic carbocycles. The Morgan fingerprint density at radius 3 is 2.60 bits per heavy atom. The van der Waals surface area contributed by atoms with Crippen molar-refractivity contribution in [2.24, 2.45) is 0 Å². The first-order valence-electron chi connectivity index (χ1n) is 7.87. The average molecular weight is 365 g/mol. The van der Waals surface area contributed by atoms with Crippen molar-refractivity contribution in [1.29, 1.82) is 0 Å². The molecule has 0 aliphatic carbocycles. The highest BCUT2D eigenvalue weighted by atomic mass is 35.5. The summed E-state index contributed by atoms with van der Waals surface area (Å²) in [6, 6.07) is 20.0. The maximum Gasteiger partial charge on any atom is 0.130 e. The number of H-pyrrole nitrogens is 1. The van der Waals surface area contributed by atoms with Crippen LogP contribution in [0, 0.1) is 0 Å². The minimum absolute atomic E-state index is 0.598. The number of hydrogen-bond donors (Lipinski definition) is 1. The highest BCUT2D eigenvalue weighted by Crippen LogP contribution is 2.29. The third kappa shape index (κ3) is 3.32. The Morgan fingerprint density at radius 1 is 0.880 bits per heavy atom. The predicted octanol–water partition coefficient (Wildman–Crippen LogP) is 6.71. The maximum atomic E-state index is 6.26. The van der Waals surface area contributed by atoms with Crippen LogP contribution < -0.4 is 0 Å². The second-order valence-corrected chi connectivity index (χ2v) is 6.55. The van der Waals surface area contributed by atoms with Gasteiger partial charge < -0.3 is 4.98 Å². The number of benzene rings is 3. The van der Waals surface area contributed by atoms with Gasteiger partial charge in [-0.3, -0.25) is 0 Å². The van der Waals surface area contributed by atoms with E-state index in [4.69, 9.17) is 23.2 Å².